The molecule has 0 saturated heterocycles. The molecule has 8 nitrogen and oxygen atoms in total. The van der Waals surface area contributed by atoms with E-state index in [-0.39, 0.29) is 13.2 Å². The molecule has 2 aromatic carbocycles. The lowest BCUT2D eigenvalue weighted by molar-refractivity contribution is -0.140. The molecule has 0 atom stereocenters. The van der Waals surface area contributed by atoms with Crippen LogP contribution in [0, 0.1) is 0 Å². The Hall–Kier alpha value is -3.10. The van der Waals surface area contributed by atoms with Crippen molar-refractivity contribution in [1.29, 1.82) is 0 Å². The third kappa shape index (κ3) is 7.38. The molecule has 0 aliphatic carbocycles. The number of ether oxygens (including phenoxy) is 5. The van der Waals surface area contributed by atoms with Crippen LogP contribution in [0.2, 0.25) is 0 Å². The molecule has 0 radical (unpaired) electrons. The highest BCUT2D eigenvalue weighted by molar-refractivity contribution is 5.94. The molecule has 0 aliphatic rings. The number of fused-ring (bicyclic) bond motifs is 1. The predicted octanol–water partition coefficient (Wildman–Crippen LogP) is 3.09. The first-order valence-corrected chi connectivity index (χ1v) is 9.52. The van der Waals surface area contributed by atoms with E-state index in [1.807, 2.05) is 24.3 Å². The van der Waals surface area contributed by atoms with Gasteiger partial charge in [0.25, 0.3) is 0 Å². The molecule has 1 amide bonds. The summed E-state index contributed by atoms with van der Waals surface area (Å²) in [6, 6.07) is 11.0. The number of rotatable bonds is 12. The molecule has 0 unspecified atom stereocenters. The van der Waals surface area contributed by atoms with Crippen molar-refractivity contribution in [1.82, 2.24) is 5.32 Å². The summed E-state index contributed by atoms with van der Waals surface area (Å²) in [5.74, 6) is 0.726. The Morgan fingerprint density at radius 1 is 0.900 bits per heavy atom. The molecule has 0 saturated carbocycles. The lowest BCUT2D eigenvalue weighted by atomic mass is 10.1. The van der Waals surface area contributed by atoms with Crippen LogP contribution < -0.4 is 14.8 Å². The smallest absolute Gasteiger partial charge is 0.412 e. The number of methoxy groups -OCH3 is 1. The first-order valence-electron chi connectivity index (χ1n) is 9.52. The topological polar surface area (TPSA) is 92.3 Å². The van der Waals surface area contributed by atoms with E-state index in [0.29, 0.717) is 43.4 Å². The average Bonchev–Trinajstić information content (AvgIpc) is 2.75. The monoisotopic (exact) mass is 417 g/mol. The number of hydrogen-bond donors (Lipinski definition) is 1. The number of carbonyl (C=O) groups excluding carboxylic acids is 2. The zero-order valence-corrected chi connectivity index (χ0v) is 17.3. The molecule has 162 valence electrons. The third-order valence-electron chi connectivity index (χ3n) is 3.96. The molecule has 0 aromatic heterocycles. The van der Waals surface area contributed by atoms with Crippen LogP contribution in [-0.4, -0.2) is 58.8 Å². The Kier molecular flexibility index (Phi) is 9.63. The molecule has 2 aromatic rings. The SMILES string of the molecule is C=C(C)C(=O)OCCOCCOCCNC(=O)Oc1ccc(OC)c2ccccc12. The van der Waals surface area contributed by atoms with Crippen LogP contribution >= 0.6 is 0 Å². The van der Waals surface area contributed by atoms with Gasteiger partial charge in [0.15, 0.2) is 0 Å². The summed E-state index contributed by atoms with van der Waals surface area (Å²) in [7, 11) is 1.60. The summed E-state index contributed by atoms with van der Waals surface area (Å²) in [4.78, 5) is 23.2. The fourth-order valence-corrected chi connectivity index (χ4v) is 2.51. The molecule has 1 N–H and O–H groups in total. The fourth-order valence-electron chi connectivity index (χ4n) is 2.51. The van der Waals surface area contributed by atoms with Crippen LogP contribution in [0.4, 0.5) is 4.79 Å². The Morgan fingerprint density at radius 2 is 1.50 bits per heavy atom. The number of hydrogen-bond acceptors (Lipinski definition) is 7. The van der Waals surface area contributed by atoms with Crippen molar-refractivity contribution in [3.63, 3.8) is 0 Å². The summed E-state index contributed by atoms with van der Waals surface area (Å²) in [6.45, 7) is 6.83. The van der Waals surface area contributed by atoms with Gasteiger partial charge in [-0.05, 0) is 19.1 Å². The van der Waals surface area contributed by atoms with Crippen molar-refractivity contribution in [3.05, 3.63) is 48.6 Å². The highest BCUT2D eigenvalue weighted by atomic mass is 16.6. The molecule has 0 heterocycles. The minimum atomic E-state index is -0.565. The maximum atomic E-state index is 12.0. The second-order valence-corrected chi connectivity index (χ2v) is 6.27. The van der Waals surface area contributed by atoms with Crippen LogP contribution in [-0.2, 0) is 19.0 Å². The first kappa shape index (κ1) is 23.2. The number of carbonyl (C=O) groups is 2. The van der Waals surface area contributed by atoms with Crippen LogP contribution in [0.15, 0.2) is 48.6 Å². The van der Waals surface area contributed by atoms with Crippen LogP contribution in [0.3, 0.4) is 0 Å². The van der Waals surface area contributed by atoms with Crippen molar-refractivity contribution in [2.45, 2.75) is 6.92 Å². The second-order valence-electron chi connectivity index (χ2n) is 6.27. The van der Waals surface area contributed by atoms with Crippen molar-refractivity contribution in [3.8, 4) is 11.5 Å². The summed E-state index contributed by atoms with van der Waals surface area (Å²) in [5.41, 5.74) is 0.351. The van der Waals surface area contributed by atoms with Crippen molar-refractivity contribution in [2.75, 3.05) is 46.7 Å². The Balaban J connectivity index is 1.60. The zero-order chi connectivity index (χ0) is 21.8. The van der Waals surface area contributed by atoms with Gasteiger partial charge in [-0.3, -0.25) is 0 Å². The predicted molar refractivity (Wildman–Crippen MR) is 112 cm³/mol. The van der Waals surface area contributed by atoms with E-state index in [1.54, 1.807) is 26.2 Å². The van der Waals surface area contributed by atoms with Gasteiger partial charge in [0.1, 0.15) is 18.1 Å². The third-order valence-corrected chi connectivity index (χ3v) is 3.96. The van der Waals surface area contributed by atoms with E-state index in [4.69, 9.17) is 23.7 Å². The molecular weight excluding hydrogens is 390 g/mol. The largest absolute Gasteiger partial charge is 0.496 e. The highest BCUT2D eigenvalue weighted by Gasteiger charge is 2.10. The van der Waals surface area contributed by atoms with E-state index in [2.05, 4.69) is 11.9 Å². The van der Waals surface area contributed by atoms with Gasteiger partial charge in [0.2, 0.25) is 0 Å². The van der Waals surface area contributed by atoms with Crippen molar-refractivity contribution in [2.24, 2.45) is 0 Å². The van der Waals surface area contributed by atoms with Crippen LogP contribution in [0.1, 0.15) is 6.92 Å². The summed E-state index contributed by atoms with van der Waals surface area (Å²) in [5, 5.41) is 4.29. The quantitative estimate of drug-likeness (QED) is 0.322. The van der Waals surface area contributed by atoms with E-state index in [0.717, 1.165) is 10.8 Å². The molecule has 8 heteroatoms. The van der Waals surface area contributed by atoms with Crippen molar-refractivity contribution >= 4 is 22.8 Å². The van der Waals surface area contributed by atoms with E-state index < -0.39 is 12.1 Å². The van der Waals surface area contributed by atoms with Gasteiger partial charge in [-0.15, -0.1) is 0 Å². The Bertz CT molecular complexity index is 866. The second kappa shape index (κ2) is 12.5. The molecule has 30 heavy (non-hydrogen) atoms. The molecule has 0 fully saturated rings. The summed E-state index contributed by atoms with van der Waals surface area (Å²) < 4.78 is 26.3. The average molecular weight is 417 g/mol. The number of nitrogens with one attached hydrogen (secondary N) is 1. The molecule has 0 aliphatic heterocycles. The number of esters is 1. The van der Waals surface area contributed by atoms with E-state index in [1.165, 1.54) is 0 Å². The highest BCUT2D eigenvalue weighted by Crippen LogP contribution is 2.32. The summed E-state index contributed by atoms with van der Waals surface area (Å²) >= 11 is 0. The molecule has 0 bridgehead atoms. The van der Waals surface area contributed by atoms with Crippen LogP contribution in [0.5, 0.6) is 11.5 Å². The van der Waals surface area contributed by atoms with E-state index in [9.17, 15) is 9.59 Å². The summed E-state index contributed by atoms with van der Waals surface area (Å²) in [6.07, 6.45) is -0.565. The standard InChI is InChI=1S/C22H27NO7/c1-16(2)21(24)29-15-14-28-13-12-27-11-10-23-22(25)30-20-9-8-19(26-3)17-6-4-5-7-18(17)20/h4-9H,1,10-15H2,2-3H3,(H,23,25). The minimum absolute atomic E-state index is 0.166. The molecule has 0 spiro atoms. The maximum absolute atomic E-state index is 12.0. The van der Waals surface area contributed by atoms with Crippen molar-refractivity contribution < 1.29 is 33.3 Å². The Labute approximate surface area is 175 Å². The molecular formula is C22H27NO7. The van der Waals surface area contributed by atoms with Gasteiger partial charge in [0.05, 0.1) is 33.5 Å². The lowest BCUT2D eigenvalue weighted by Gasteiger charge is -2.11. The minimum Gasteiger partial charge on any atom is -0.496 e. The fraction of sp³-hybridized carbons (Fsp3) is 0.364. The van der Waals surface area contributed by atoms with E-state index >= 15 is 0 Å². The normalized spacial score (nSPS) is 10.5. The van der Waals surface area contributed by atoms with Gasteiger partial charge < -0.3 is 29.0 Å². The maximum Gasteiger partial charge on any atom is 0.412 e. The molecule has 2 rings (SSSR count). The van der Waals surface area contributed by atoms with Gasteiger partial charge in [-0.2, -0.15) is 0 Å². The van der Waals surface area contributed by atoms with Gasteiger partial charge >= 0.3 is 12.1 Å². The first-order chi connectivity index (χ1) is 14.5. The lowest BCUT2D eigenvalue weighted by Crippen LogP contribution is -2.30. The number of benzene rings is 2. The number of amides is 1. The van der Waals surface area contributed by atoms with Crippen LogP contribution in [0.25, 0.3) is 10.8 Å². The van der Waals surface area contributed by atoms with Gasteiger partial charge in [-0.25, -0.2) is 9.59 Å². The Morgan fingerprint density at radius 3 is 2.17 bits per heavy atom. The zero-order valence-electron chi connectivity index (χ0n) is 17.3. The van der Waals surface area contributed by atoms with Gasteiger partial charge in [0, 0.05) is 22.9 Å². The van der Waals surface area contributed by atoms with Gasteiger partial charge in [-0.1, -0.05) is 30.8 Å².